The molecule has 0 atom stereocenters. The molecule has 1 aromatic heterocycles. The van der Waals surface area contributed by atoms with E-state index in [2.05, 4.69) is 5.32 Å². The van der Waals surface area contributed by atoms with Crippen molar-refractivity contribution in [1.82, 2.24) is 9.47 Å². The van der Waals surface area contributed by atoms with Gasteiger partial charge in [0.2, 0.25) is 0 Å². The van der Waals surface area contributed by atoms with Gasteiger partial charge < -0.3 is 10.4 Å². The summed E-state index contributed by atoms with van der Waals surface area (Å²) in [6, 6.07) is 11.6. The summed E-state index contributed by atoms with van der Waals surface area (Å²) >= 11 is 6.16. The fourth-order valence-electron chi connectivity index (χ4n) is 3.34. The number of benzene rings is 1. The number of thiocarbonyl (C=S) groups is 1. The number of carboxylic acids is 1. The summed E-state index contributed by atoms with van der Waals surface area (Å²) in [6.07, 6.45) is 1.57. The number of nitrogens with zero attached hydrogens (tertiary/aromatic N) is 3. The Balaban J connectivity index is 2.13. The predicted molar refractivity (Wildman–Crippen MR) is 127 cm³/mol. The number of anilines is 1. The number of nitriles is 1. The quantitative estimate of drug-likeness (QED) is 0.471. The van der Waals surface area contributed by atoms with E-state index in [1.54, 1.807) is 19.9 Å². The molecule has 2 aromatic rings. The highest BCUT2D eigenvalue weighted by atomic mass is 32.2. The van der Waals surface area contributed by atoms with Crippen LogP contribution in [0.3, 0.4) is 0 Å². The first-order chi connectivity index (χ1) is 15.3. The van der Waals surface area contributed by atoms with Crippen LogP contribution >= 0.6 is 24.0 Å². The van der Waals surface area contributed by atoms with E-state index < -0.39 is 24.0 Å². The number of carbonyl (C=O) groups excluding carboxylic acids is 1. The molecule has 8 nitrogen and oxygen atoms in total. The third-order valence-corrected chi connectivity index (χ3v) is 6.31. The van der Waals surface area contributed by atoms with Crippen molar-refractivity contribution >= 4 is 52.1 Å². The van der Waals surface area contributed by atoms with E-state index in [9.17, 15) is 19.6 Å². The Bertz CT molecular complexity index is 1230. The Hall–Kier alpha value is -3.42. The molecule has 1 fully saturated rings. The number of carboxylic acid groups (broad SMARTS) is 1. The van der Waals surface area contributed by atoms with Crippen LogP contribution in [-0.2, 0) is 22.7 Å². The van der Waals surface area contributed by atoms with Crippen LogP contribution in [0.2, 0.25) is 0 Å². The molecule has 164 valence electrons. The summed E-state index contributed by atoms with van der Waals surface area (Å²) in [5.41, 5.74) is 1.50. The van der Waals surface area contributed by atoms with Gasteiger partial charge in [-0.15, -0.1) is 0 Å². The van der Waals surface area contributed by atoms with Crippen LogP contribution in [0.5, 0.6) is 0 Å². The topological polar surface area (TPSA) is 115 Å². The van der Waals surface area contributed by atoms with Gasteiger partial charge in [0.25, 0.3) is 11.5 Å². The molecule has 0 radical (unpaired) electrons. The summed E-state index contributed by atoms with van der Waals surface area (Å²) in [5, 5.41) is 21.9. The van der Waals surface area contributed by atoms with Crippen LogP contribution in [-0.4, -0.2) is 37.3 Å². The number of amides is 1. The molecule has 1 amide bonds. The van der Waals surface area contributed by atoms with Gasteiger partial charge in [-0.1, -0.05) is 54.3 Å². The molecule has 1 aliphatic rings. The maximum absolute atomic E-state index is 12.9. The highest BCUT2D eigenvalue weighted by Crippen LogP contribution is 2.35. The van der Waals surface area contributed by atoms with E-state index in [0.717, 1.165) is 22.2 Å². The first-order valence-electron chi connectivity index (χ1n) is 9.70. The van der Waals surface area contributed by atoms with Gasteiger partial charge in [-0.05, 0) is 31.1 Å². The summed E-state index contributed by atoms with van der Waals surface area (Å²) in [7, 11) is 0. The summed E-state index contributed by atoms with van der Waals surface area (Å²) in [4.78, 5) is 38.0. The lowest BCUT2D eigenvalue weighted by atomic mass is 10.0. The van der Waals surface area contributed by atoms with Crippen LogP contribution in [0, 0.1) is 18.3 Å². The van der Waals surface area contributed by atoms with Gasteiger partial charge in [0.1, 0.15) is 28.3 Å². The average molecular weight is 469 g/mol. The zero-order valence-corrected chi connectivity index (χ0v) is 19.0. The van der Waals surface area contributed by atoms with Crippen molar-refractivity contribution in [2.75, 3.05) is 11.9 Å². The van der Waals surface area contributed by atoms with Crippen molar-refractivity contribution in [3.63, 3.8) is 0 Å². The van der Waals surface area contributed by atoms with E-state index in [1.165, 1.54) is 4.57 Å². The summed E-state index contributed by atoms with van der Waals surface area (Å²) in [6.45, 7) is 3.65. The average Bonchev–Trinajstić information content (AvgIpc) is 3.02. The van der Waals surface area contributed by atoms with Gasteiger partial charge in [0.15, 0.2) is 0 Å². The molecule has 10 heteroatoms. The van der Waals surface area contributed by atoms with Crippen molar-refractivity contribution in [3.8, 4) is 6.07 Å². The molecule has 0 saturated carbocycles. The Morgan fingerprint density at radius 1 is 1.31 bits per heavy atom. The molecular formula is C22H20N4O4S2. The van der Waals surface area contributed by atoms with Gasteiger partial charge in [-0.25, -0.2) is 0 Å². The van der Waals surface area contributed by atoms with Crippen LogP contribution < -0.4 is 10.9 Å². The number of aromatic nitrogens is 1. The number of hydrogen-bond acceptors (Lipinski definition) is 7. The highest BCUT2D eigenvalue weighted by molar-refractivity contribution is 8.26. The molecule has 0 spiro atoms. The van der Waals surface area contributed by atoms with Crippen molar-refractivity contribution in [2.45, 2.75) is 26.9 Å². The third kappa shape index (κ3) is 4.59. The monoisotopic (exact) mass is 468 g/mol. The minimum atomic E-state index is -1.17. The Morgan fingerprint density at radius 3 is 2.59 bits per heavy atom. The maximum atomic E-state index is 12.9. The summed E-state index contributed by atoms with van der Waals surface area (Å²) in [5.74, 6) is -1.22. The van der Waals surface area contributed by atoms with Crippen molar-refractivity contribution in [2.24, 2.45) is 0 Å². The molecule has 1 aromatic carbocycles. The molecular weight excluding hydrogens is 448 g/mol. The highest BCUT2D eigenvalue weighted by Gasteiger charge is 2.34. The van der Waals surface area contributed by atoms with Gasteiger partial charge in [0.05, 0.1) is 4.91 Å². The third-order valence-electron chi connectivity index (χ3n) is 4.94. The minimum Gasteiger partial charge on any atom is -0.480 e. The lowest BCUT2D eigenvalue weighted by molar-refractivity contribution is -0.140. The Kier molecular flexibility index (Phi) is 7.12. The van der Waals surface area contributed by atoms with E-state index >= 15 is 0 Å². The molecule has 0 unspecified atom stereocenters. The van der Waals surface area contributed by atoms with Crippen molar-refractivity contribution in [1.29, 1.82) is 5.26 Å². The lowest BCUT2D eigenvalue weighted by Gasteiger charge is -2.19. The van der Waals surface area contributed by atoms with E-state index in [0.29, 0.717) is 30.0 Å². The van der Waals surface area contributed by atoms with Crippen LogP contribution in [0.15, 0.2) is 40.0 Å². The van der Waals surface area contributed by atoms with E-state index in [4.69, 9.17) is 17.3 Å². The summed E-state index contributed by atoms with van der Waals surface area (Å²) < 4.78 is 1.60. The van der Waals surface area contributed by atoms with Crippen molar-refractivity contribution < 1.29 is 14.7 Å². The molecule has 2 N–H and O–H groups in total. The number of hydrogen-bond donors (Lipinski definition) is 2. The van der Waals surface area contributed by atoms with Gasteiger partial charge in [0, 0.05) is 18.7 Å². The predicted octanol–water partition coefficient (Wildman–Crippen LogP) is 2.95. The number of rotatable bonds is 7. The molecule has 0 aliphatic carbocycles. The normalized spacial score (nSPS) is 14.7. The first kappa shape index (κ1) is 23.2. The SMILES string of the molecule is CCn1c(NCc2ccccc2)c(/C=C2/SC(=S)N(CC(=O)O)C2=O)c(C)c(C#N)c1=O. The van der Waals surface area contributed by atoms with E-state index in [-0.39, 0.29) is 14.8 Å². The van der Waals surface area contributed by atoms with Gasteiger partial charge in [-0.3, -0.25) is 23.9 Å². The number of carbonyl (C=O) groups is 2. The number of aliphatic carboxylic acids is 1. The fourth-order valence-corrected chi connectivity index (χ4v) is 4.58. The molecule has 0 bridgehead atoms. The molecule has 1 saturated heterocycles. The Labute approximate surface area is 194 Å². The number of thioether (sulfide) groups is 1. The van der Waals surface area contributed by atoms with Gasteiger partial charge >= 0.3 is 5.97 Å². The van der Waals surface area contributed by atoms with Crippen LogP contribution in [0.1, 0.15) is 29.2 Å². The fraction of sp³-hybridized carbons (Fsp3) is 0.227. The zero-order valence-electron chi connectivity index (χ0n) is 17.4. The standard InChI is InChI=1S/C22H20N4O4S2/c1-3-25-19(24-11-14-7-5-4-6-8-14)15(13(2)16(10-23)20(25)29)9-17-21(30)26(12-18(27)28)22(31)32-17/h4-9,24H,3,11-12H2,1-2H3,(H,27,28)/b17-9+. The van der Waals surface area contributed by atoms with E-state index in [1.807, 2.05) is 36.4 Å². The second-order valence-corrected chi connectivity index (χ2v) is 8.60. The molecule has 1 aliphatic heterocycles. The molecule has 32 heavy (non-hydrogen) atoms. The van der Waals surface area contributed by atoms with Gasteiger partial charge in [-0.2, -0.15) is 5.26 Å². The van der Waals surface area contributed by atoms with Crippen LogP contribution in [0.25, 0.3) is 6.08 Å². The minimum absolute atomic E-state index is 0.00984. The van der Waals surface area contributed by atoms with Crippen LogP contribution in [0.4, 0.5) is 5.82 Å². The lowest BCUT2D eigenvalue weighted by Crippen LogP contribution is -2.33. The number of nitrogens with one attached hydrogen (secondary N) is 1. The largest absolute Gasteiger partial charge is 0.480 e. The zero-order chi connectivity index (χ0) is 23.4. The maximum Gasteiger partial charge on any atom is 0.323 e. The first-order valence-corrected chi connectivity index (χ1v) is 10.9. The second kappa shape index (κ2) is 9.80. The smallest absolute Gasteiger partial charge is 0.323 e. The number of pyridine rings is 1. The molecule has 2 heterocycles. The Morgan fingerprint density at radius 2 is 2.00 bits per heavy atom. The van der Waals surface area contributed by atoms with Crippen molar-refractivity contribution in [3.05, 3.63) is 67.8 Å². The molecule has 3 rings (SSSR count). The second-order valence-electron chi connectivity index (χ2n) is 6.92.